The summed E-state index contributed by atoms with van der Waals surface area (Å²) < 4.78 is 34.2. The van der Waals surface area contributed by atoms with Gasteiger partial charge in [-0.25, -0.2) is 0 Å². The van der Waals surface area contributed by atoms with Crippen molar-refractivity contribution < 1.29 is 42.1 Å². The number of likely N-dealkylation sites (N-methyl/N-ethyl adjacent to an activating group) is 1. The first kappa shape index (κ1) is 78.2. The van der Waals surface area contributed by atoms with Gasteiger partial charge in [0.1, 0.15) is 19.8 Å². The summed E-state index contributed by atoms with van der Waals surface area (Å²) in [7, 11) is 1.17. The van der Waals surface area contributed by atoms with Crippen LogP contribution in [0.5, 0.6) is 0 Å². The first-order valence-electron chi connectivity index (χ1n) is 33.8. The first-order chi connectivity index (χ1) is 39.5. The van der Waals surface area contributed by atoms with Crippen molar-refractivity contribution in [3.05, 3.63) is 85.1 Å². The molecule has 0 aliphatic rings. The van der Waals surface area contributed by atoms with E-state index in [0.717, 1.165) is 89.9 Å². The molecule has 0 rings (SSSR count). The smallest absolute Gasteiger partial charge is 0.306 e. The summed E-state index contributed by atoms with van der Waals surface area (Å²) in [5, 5.41) is 0. The van der Waals surface area contributed by atoms with Gasteiger partial charge in [-0.1, -0.05) is 285 Å². The van der Waals surface area contributed by atoms with Crippen LogP contribution in [0.15, 0.2) is 85.1 Å². The van der Waals surface area contributed by atoms with E-state index in [1.807, 2.05) is 21.1 Å². The van der Waals surface area contributed by atoms with Gasteiger partial charge in [0.2, 0.25) is 0 Å². The second-order valence-corrected chi connectivity index (χ2v) is 25.2. The Kier molecular flexibility index (Phi) is 59.6. The van der Waals surface area contributed by atoms with Gasteiger partial charge in [-0.2, -0.15) is 0 Å². The van der Waals surface area contributed by atoms with Crippen LogP contribution in [0.1, 0.15) is 303 Å². The van der Waals surface area contributed by atoms with Crippen molar-refractivity contribution in [2.75, 3.05) is 47.5 Å². The highest BCUT2D eigenvalue weighted by Gasteiger charge is 2.22. The van der Waals surface area contributed by atoms with Gasteiger partial charge in [-0.15, -0.1) is 0 Å². The molecule has 2 unspecified atom stereocenters. The van der Waals surface area contributed by atoms with Crippen molar-refractivity contribution in [3.8, 4) is 0 Å². The second-order valence-electron chi connectivity index (χ2n) is 23.8. The molecular formula is C71H128NO8P. The van der Waals surface area contributed by atoms with Crippen LogP contribution in [-0.4, -0.2) is 70.0 Å². The number of hydrogen-bond donors (Lipinski definition) is 0. The zero-order valence-corrected chi connectivity index (χ0v) is 54.4. The number of phosphoric acid groups is 1. The molecule has 0 aliphatic heterocycles. The van der Waals surface area contributed by atoms with Crippen molar-refractivity contribution in [3.63, 3.8) is 0 Å². The lowest BCUT2D eigenvalue weighted by Gasteiger charge is -2.28. The highest BCUT2D eigenvalue weighted by molar-refractivity contribution is 7.45. The van der Waals surface area contributed by atoms with Crippen molar-refractivity contribution in [1.82, 2.24) is 0 Å². The summed E-state index contributed by atoms with van der Waals surface area (Å²) in [5.74, 6) is -0.827. The molecular weight excluding hydrogens is 1030 g/mol. The number of allylic oxidation sites excluding steroid dienone is 14. The molecule has 2 atom stereocenters. The molecule has 0 heterocycles. The predicted molar refractivity (Wildman–Crippen MR) is 346 cm³/mol. The van der Waals surface area contributed by atoms with Gasteiger partial charge in [0.15, 0.2) is 6.10 Å². The molecule has 0 saturated heterocycles. The van der Waals surface area contributed by atoms with E-state index in [2.05, 4.69) is 98.9 Å². The molecule has 0 N–H and O–H groups in total. The largest absolute Gasteiger partial charge is 0.756 e. The number of unbranched alkanes of at least 4 members (excludes halogenated alkanes) is 34. The minimum absolute atomic E-state index is 0.0317. The lowest BCUT2D eigenvalue weighted by molar-refractivity contribution is -0.870. The molecule has 0 amide bonds. The summed E-state index contributed by atoms with van der Waals surface area (Å²) in [4.78, 5) is 38.0. The summed E-state index contributed by atoms with van der Waals surface area (Å²) in [6.07, 6.45) is 83.8. The Labute approximate surface area is 501 Å². The monoisotopic (exact) mass is 1150 g/mol. The third-order valence-corrected chi connectivity index (χ3v) is 15.6. The summed E-state index contributed by atoms with van der Waals surface area (Å²) >= 11 is 0. The number of hydrogen-bond acceptors (Lipinski definition) is 8. The Morgan fingerprint density at radius 2 is 0.704 bits per heavy atom. The fraction of sp³-hybridized carbons (Fsp3) is 0.775. The SMILES string of the molecule is CC/C=C\C/C=C\C/C=C\C/C=C\C/C=C\C/C=C\CCCCCCCCCCCCCCCCCCCCCCC(=O)OC(COC(=O)CCCCCCCCC/C=C\CCCCCCCCC)COP(=O)([O-])OCC[N+](C)(C)C. The number of phosphoric ester groups is 1. The number of carbonyl (C=O) groups excluding carboxylic acids is 2. The van der Waals surface area contributed by atoms with Crippen molar-refractivity contribution >= 4 is 19.8 Å². The number of ether oxygens (including phenoxy) is 2. The molecule has 9 nitrogen and oxygen atoms in total. The lowest BCUT2D eigenvalue weighted by Crippen LogP contribution is -2.37. The van der Waals surface area contributed by atoms with Gasteiger partial charge in [0.05, 0.1) is 27.7 Å². The maximum atomic E-state index is 12.8. The third-order valence-electron chi connectivity index (χ3n) is 14.6. The van der Waals surface area contributed by atoms with Gasteiger partial charge in [0, 0.05) is 12.8 Å². The van der Waals surface area contributed by atoms with E-state index in [0.29, 0.717) is 17.4 Å². The molecule has 0 aromatic rings. The Morgan fingerprint density at radius 3 is 1.06 bits per heavy atom. The minimum Gasteiger partial charge on any atom is -0.756 e. The average Bonchev–Trinajstić information content (AvgIpc) is 3.43. The summed E-state index contributed by atoms with van der Waals surface area (Å²) in [6, 6.07) is 0. The Bertz CT molecular complexity index is 1640. The molecule has 470 valence electrons. The predicted octanol–water partition coefficient (Wildman–Crippen LogP) is 21.1. The van der Waals surface area contributed by atoms with Crippen molar-refractivity contribution in [2.45, 2.75) is 309 Å². The van der Waals surface area contributed by atoms with E-state index in [9.17, 15) is 19.0 Å². The van der Waals surface area contributed by atoms with Crippen molar-refractivity contribution in [1.29, 1.82) is 0 Å². The molecule has 0 bridgehead atoms. The molecule has 0 fully saturated rings. The van der Waals surface area contributed by atoms with E-state index in [-0.39, 0.29) is 32.0 Å². The molecule has 0 aromatic carbocycles. The van der Waals surface area contributed by atoms with Gasteiger partial charge >= 0.3 is 11.9 Å². The fourth-order valence-corrected chi connectivity index (χ4v) is 10.2. The summed E-state index contributed by atoms with van der Waals surface area (Å²) in [6.45, 7) is 4.15. The first-order valence-corrected chi connectivity index (χ1v) is 35.3. The molecule has 81 heavy (non-hydrogen) atoms. The van der Waals surface area contributed by atoms with E-state index >= 15 is 0 Å². The zero-order valence-electron chi connectivity index (χ0n) is 53.5. The van der Waals surface area contributed by atoms with E-state index in [1.54, 1.807) is 0 Å². The van der Waals surface area contributed by atoms with E-state index < -0.39 is 26.5 Å². The van der Waals surface area contributed by atoms with Crippen LogP contribution in [0.2, 0.25) is 0 Å². The molecule has 0 radical (unpaired) electrons. The van der Waals surface area contributed by atoms with Gasteiger partial charge in [-0.3, -0.25) is 14.2 Å². The normalized spacial score (nSPS) is 13.7. The number of rotatable bonds is 62. The standard InChI is InChI=1S/C71H128NO8P/c1-6-8-10-12-14-16-18-20-22-24-26-27-28-29-30-31-32-33-34-35-36-37-38-39-40-41-42-43-44-45-46-48-50-52-54-56-58-60-62-64-71(74)80-69(68-79-81(75,76)78-66-65-72(3,4)5)67-77-70(73)63-61-59-57-55-53-51-49-47-25-23-21-19-17-15-13-11-9-7-2/h8,10,14,16,20,22-23,25-27,29-30,32-33,69H,6-7,9,11-13,15,17-19,21,24,28,31,34-68H2,1-5H3/b10-8-,16-14-,22-20-,25-23-,27-26-,30-29-,33-32-. The fourth-order valence-electron chi connectivity index (χ4n) is 9.48. The molecule has 0 aromatic heterocycles. The number of nitrogens with zero attached hydrogens (tertiary/aromatic N) is 1. The van der Waals surface area contributed by atoms with Gasteiger partial charge in [-0.05, 0) is 89.9 Å². The summed E-state index contributed by atoms with van der Waals surface area (Å²) in [5.41, 5.74) is 0. The number of carbonyl (C=O) groups is 2. The maximum absolute atomic E-state index is 12.8. The quantitative estimate of drug-likeness (QED) is 0.0195. The van der Waals surface area contributed by atoms with Gasteiger partial charge in [0.25, 0.3) is 7.82 Å². The Morgan fingerprint density at radius 1 is 0.395 bits per heavy atom. The lowest BCUT2D eigenvalue weighted by atomic mass is 10.0. The minimum atomic E-state index is -4.64. The van der Waals surface area contributed by atoms with Crippen LogP contribution in [-0.2, 0) is 32.7 Å². The highest BCUT2D eigenvalue weighted by Crippen LogP contribution is 2.38. The molecule has 10 heteroatoms. The highest BCUT2D eigenvalue weighted by atomic mass is 31.2. The van der Waals surface area contributed by atoms with Crippen LogP contribution >= 0.6 is 7.82 Å². The van der Waals surface area contributed by atoms with Crippen LogP contribution in [0.25, 0.3) is 0 Å². The van der Waals surface area contributed by atoms with Crippen LogP contribution in [0, 0.1) is 0 Å². The topological polar surface area (TPSA) is 111 Å². The van der Waals surface area contributed by atoms with Crippen molar-refractivity contribution in [2.24, 2.45) is 0 Å². The molecule has 0 saturated carbocycles. The number of esters is 2. The van der Waals surface area contributed by atoms with Crippen LogP contribution in [0.3, 0.4) is 0 Å². The van der Waals surface area contributed by atoms with Crippen LogP contribution < -0.4 is 4.89 Å². The zero-order chi connectivity index (χ0) is 59.1. The van der Waals surface area contributed by atoms with Crippen LogP contribution in [0.4, 0.5) is 0 Å². The average molecular weight is 1150 g/mol. The Hall–Kier alpha value is -2.81. The molecule has 0 spiro atoms. The number of quaternary nitrogens is 1. The Balaban J connectivity index is 3.97. The van der Waals surface area contributed by atoms with Gasteiger partial charge < -0.3 is 27.9 Å². The van der Waals surface area contributed by atoms with E-state index in [1.165, 1.54) is 180 Å². The third kappa shape index (κ3) is 66.2. The molecule has 0 aliphatic carbocycles. The maximum Gasteiger partial charge on any atom is 0.306 e. The second kappa shape index (κ2) is 61.7. The van der Waals surface area contributed by atoms with E-state index in [4.69, 9.17) is 18.5 Å².